The number of hydrogen-bond donors (Lipinski definition) is 2. The standard InChI is InChI=1S/C32H28N2O6/c1-20-6-3-4-8-24(20)19-40-25-12-9-22(10-13-25)30(36)28-29(23-11-14-26(35)27(16-23)39-2)34(32(38)31(28)37)18-21-7-5-15-33-17-21/h3-17,29,35-36H,18-19H2,1-2H3/t29-/m1/s1. The van der Waals surface area contributed by atoms with Gasteiger partial charge >= 0.3 is 0 Å². The van der Waals surface area contributed by atoms with Gasteiger partial charge in [0.25, 0.3) is 11.7 Å². The van der Waals surface area contributed by atoms with Crippen molar-refractivity contribution in [3.8, 4) is 17.2 Å². The first-order chi connectivity index (χ1) is 19.4. The number of carbonyl (C=O) groups is 2. The second-order valence-corrected chi connectivity index (χ2v) is 9.46. The fraction of sp³-hybridized carbons (Fsp3) is 0.156. The van der Waals surface area contributed by atoms with E-state index < -0.39 is 17.7 Å². The number of phenolic OH excluding ortho intramolecular Hbond substituents is 1. The third-order valence-corrected chi connectivity index (χ3v) is 6.92. The van der Waals surface area contributed by atoms with Gasteiger partial charge in [-0.25, -0.2) is 0 Å². The molecule has 3 aromatic carbocycles. The van der Waals surface area contributed by atoms with Crippen molar-refractivity contribution in [2.45, 2.75) is 26.1 Å². The Bertz CT molecular complexity index is 1580. The van der Waals surface area contributed by atoms with Crippen LogP contribution in [-0.4, -0.2) is 38.9 Å². The molecule has 1 aliphatic heterocycles. The third-order valence-electron chi connectivity index (χ3n) is 6.92. The summed E-state index contributed by atoms with van der Waals surface area (Å²) in [5.41, 5.74) is 3.70. The largest absolute Gasteiger partial charge is 0.507 e. The molecule has 2 heterocycles. The number of aromatic nitrogens is 1. The van der Waals surface area contributed by atoms with Gasteiger partial charge in [0, 0.05) is 24.5 Å². The Hall–Kier alpha value is -5.11. The lowest BCUT2D eigenvalue weighted by molar-refractivity contribution is -0.140. The van der Waals surface area contributed by atoms with E-state index in [2.05, 4.69) is 4.98 Å². The highest BCUT2D eigenvalue weighted by molar-refractivity contribution is 6.46. The SMILES string of the molecule is COc1cc([C@@H]2C(=C(O)c3ccc(OCc4ccccc4C)cc3)C(=O)C(=O)N2Cc2cccnc2)ccc1O. The van der Waals surface area contributed by atoms with Crippen LogP contribution < -0.4 is 9.47 Å². The van der Waals surface area contributed by atoms with Gasteiger partial charge in [-0.05, 0) is 71.6 Å². The second-order valence-electron chi connectivity index (χ2n) is 9.46. The first-order valence-electron chi connectivity index (χ1n) is 12.7. The van der Waals surface area contributed by atoms with Crippen LogP contribution in [0.15, 0.2) is 96.8 Å². The molecule has 0 aliphatic carbocycles. The Morgan fingerprint density at radius 2 is 1.77 bits per heavy atom. The Labute approximate surface area is 231 Å². The van der Waals surface area contributed by atoms with Crippen LogP contribution in [-0.2, 0) is 22.7 Å². The average Bonchev–Trinajstić information content (AvgIpc) is 3.22. The van der Waals surface area contributed by atoms with E-state index in [1.54, 1.807) is 60.9 Å². The molecular formula is C32H28N2O6. The maximum atomic E-state index is 13.4. The number of carbonyl (C=O) groups excluding carboxylic acids is 2. The molecule has 4 aromatic rings. The molecule has 1 aliphatic rings. The summed E-state index contributed by atoms with van der Waals surface area (Å²) in [6, 6.07) is 21.8. The summed E-state index contributed by atoms with van der Waals surface area (Å²) >= 11 is 0. The number of phenols is 1. The first kappa shape index (κ1) is 26.5. The van der Waals surface area contributed by atoms with E-state index in [1.165, 1.54) is 18.1 Å². The smallest absolute Gasteiger partial charge is 0.295 e. The van der Waals surface area contributed by atoms with Crippen molar-refractivity contribution in [2.24, 2.45) is 0 Å². The van der Waals surface area contributed by atoms with Gasteiger partial charge in [-0.1, -0.05) is 36.4 Å². The molecule has 8 heteroatoms. The number of rotatable bonds is 8. The number of methoxy groups -OCH3 is 1. The fourth-order valence-electron chi connectivity index (χ4n) is 4.74. The molecule has 1 amide bonds. The van der Waals surface area contributed by atoms with E-state index in [4.69, 9.17) is 9.47 Å². The van der Waals surface area contributed by atoms with Crippen molar-refractivity contribution < 1.29 is 29.3 Å². The third kappa shape index (κ3) is 5.24. The van der Waals surface area contributed by atoms with E-state index in [-0.39, 0.29) is 29.4 Å². The normalized spacial score (nSPS) is 16.2. The summed E-state index contributed by atoms with van der Waals surface area (Å²) < 4.78 is 11.2. The van der Waals surface area contributed by atoms with Crippen LogP contribution in [0.2, 0.25) is 0 Å². The lowest BCUT2D eigenvalue weighted by Crippen LogP contribution is -2.29. The molecule has 1 fully saturated rings. The number of ether oxygens (including phenoxy) is 2. The summed E-state index contributed by atoms with van der Waals surface area (Å²) in [5, 5.41) is 21.5. The molecule has 5 rings (SSSR count). The van der Waals surface area contributed by atoms with Crippen LogP contribution in [0.1, 0.15) is 33.9 Å². The molecule has 202 valence electrons. The molecule has 0 unspecified atom stereocenters. The van der Waals surface area contributed by atoms with Crippen LogP contribution in [0.4, 0.5) is 0 Å². The summed E-state index contributed by atoms with van der Waals surface area (Å²) in [4.78, 5) is 32.1. The molecule has 0 radical (unpaired) electrons. The van der Waals surface area contributed by atoms with E-state index in [1.807, 2.05) is 31.2 Å². The number of benzene rings is 3. The lowest BCUT2D eigenvalue weighted by atomic mass is 9.95. The Balaban J connectivity index is 1.51. The highest BCUT2D eigenvalue weighted by Gasteiger charge is 2.46. The van der Waals surface area contributed by atoms with Gasteiger partial charge in [-0.2, -0.15) is 0 Å². The predicted octanol–water partition coefficient (Wildman–Crippen LogP) is 5.31. The zero-order chi connectivity index (χ0) is 28.2. The van der Waals surface area contributed by atoms with Crippen LogP contribution >= 0.6 is 0 Å². The Morgan fingerprint density at radius 1 is 1.00 bits per heavy atom. The van der Waals surface area contributed by atoms with Crippen molar-refractivity contribution >= 4 is 17.4 Å². The van der Waals surface area contributed by atoms with Gasteiger partial charge in [0.15, 0.2) is 11.5 Å². The first-order valence-corrected chi connectivity index (χ1v) is 12.7. The number of aliphatic hydroxyl groups is 1. The summed E-state index contributed by atoms with van der Waals surface area (Å²) in [6.45, 7) is 2.50. The van der Waals surface area contributed by atoms with Gasteiger partial charge in [-0.3, -0.25) is 14.6 Å². The number of aliphatic hydroxyl groups excluding tert-OH is 1. The molecule has 1 atom stereocenters. The van der Waals surface area contributed by atoms with Gasteiger partial charge in [0.1, 0.15) is 18.1 Å². The lowest BCUT2D eigenvalue weighted by Gasteiger charge is -2.25. The number of Topliss-reactive ketones (excluding diaryl/α,β-unsaturated/α-hetero) is 1. The number of nitrogens with zero attached hydrogens (tertiary/aromatic N) is 2. The molecule has 1 saturated heterocycles. The quantitative estimate of drug-likeness (QED) is 0.179. The van der Waals surface area contributed by atoms with E-state index in [0.717, 1.165) is 16.7 Å². The molecule has 0 bridgehead atoms. The number of ketones is 1. The number of amides is 1. The zero-order valence-corrected chi connectivity index (χ0v) is 22.1. The predicted molar refractivity (Wildman–Crippen MR) is 149 cm³/mol. The molecular weight excluding hydrogens is 508 g/mol. The van der Waals surface area contributed by atoms with Gasteiger partial charge in [-0.15, -0.1) is 0 Å². The van der Waals surface area contributed by atoms with E-state index >= 15 is 0 Å². The van der Waals surface area contributed by atoms with Crippen molar-refractivity contribution in [2.75, 3.05) is 7.11 Å². The Morgan fingerprint density at radius 3 is 2.48 bits per heavy atom. The van der Waals surface area contributed by atoms with Crippen molar-refractivity contribution in [3.05, 3.63) is 125 Å². The Kier molecular flexibility index (Phi) is 7.50. The number of aromatic hydroxyl groups is 1. The van der Waals surface area contributed by atoms with Crippen molar-refractivity contribution in [3.63, 3.8) is 0 Å². The number of hydrogen-bond acceptors (Lipinski definition) is 7. The highest BCUT2D eigenvalue weighted by Crippen LogP contribution is 2.42. The van der Waals surface area contributed by atoms with Gasteiger partial charge in [0.2, 0.25) is 0 Å². The minimum absolute atomic E-state index is 0.0600. The van der Waals surface area contributed by atoms with Crippen LogP contribution in [0.5, 0.6) is 17.2 Å². The summed E-state index contributed by atoms with van der Waals surface area (Å²) in [7, 11) is 1.41. The van der Waals surface area contributed by atoms with Crippen LogP contribution in [0.25, 0.3) is 5.76 Å². The maximum absolute atomic E-state index is 13.4. The molecule has 40 heavy (non-hydrogen) atoms. The molecule has 1 aromatic heterocycles. The molecule has 8 nitrogen and oxygen atoms in total. The number of pyridine rings is 1. The molecule has 2 N–H and O–H groups in total. The monoisotopic (exact) mass is 536 g/mol. The average molecular weight is 537 g/mol. The minimum Gasteiger partial charge on any atom is -0.507 e. The van der Waals surface area contributed by atoms with Crippen LogP contribution in [0.3, 0.4) is 0 Å². The van der Waals surface area contributed by atoms with Crippen molar-refractivity contribution in [1.82, 2.24) is 9.88 Å². The number of likely N-dealkylation sites (tertiary alicyclic amines) is 1. The van der Waals surface area contributed by atoms with Crippen molar-refractivity contribution in [1.29, 1.82) is 0 Å². The fourth-order valence-corrected chi connectivity index (χ4v) is 4.74. The van der Waals surface area contributed by atoms with Gasteiger partial charge < -0.3 is 24.6 Å². The molecule has 0 spiro atoms. The maximum Gasteiger partial charge on any atom is 0.295 e. The second kappa shape index (κ2) is 11.3. The molecule has 0 saturated carbocycles. The zero-order valence-electron chi connectivity index (χ0n) is 22.1. The highest BCUT2D eigenvalue weighted by atomic mass is 16.5. The van der Waals surface area contributed by atoms with E-state index in [9.17, 15) is 19.8 Å². The van der Waals surface area contributed by atoms with Gasteiger partial charge in [0.05, 0.1) is 18.7 Å². The summed E-state index contributed by atoms with van der Waals surface area (Å²) in [6.07, 6.45) is 3.23. The van der Waals surface area contributed by atoms with Crippen LogP contribution in [0, 0.1) is 6.92 Å². The topological polar surface area (TPSA) is 109 Å². The van der Waals surface area contributed by atoms with E-state index in [0.29, 0.717) is 23.5 Å². The number of aryl methyl sites for hydroxylation is 1. The minimum atomic E-state index is -0.924. The summed E-state index contributed by atoms with van der Waals surface area (Å²) in [5.74, 6) is -1.18.